The van der Waals surface area contributed by atoms with Gasteiger partial charge < -0.3 is 4.90 Å². The molecule has 2 aliphatic rings. The fourth-order valence-electron chi connectivity index (χ4n) is 3.42. The number of fused-ring (bicyclic) bond motifs is 2. The minimum Gasteiger partial charge on any atom is -0.333 e. The van der Waals surface area contributed by atoms with Gasteiger partial charge in [-0.1, -0.05) is 24.3 Å². The molecule has 1 aromatic heterocycles. The van der Waals surface area contributed by atoms with Gasteiger partial charge in [-0.15, -0.1) is 11.3 Å². The minimum atomic E-state index is 0.226. The predicted molar refractivity (Wildman–Crippen MR) is 85.8 cm³/mol. The van der Waals surface area contributed by atoms with E-state index in [4.69, 9.17) is 0 Å². The first-order valence-electron chi connectivity index (χ1n) is 7.79. The molecule has 3 heteroatoms. The highest BCUT2D eigenvalue weighted by molar-refractivity contribution is 7.14. The van der Waals surface area contributed by atoms with Gasteiger partial charge in [0.2, 0.25) is 0 Å². The van der Waals surface area contributed by atoms with E-state index in [9.17, 15) is 4.79 Å². The van der Waals surface area contributed by atoms with E-state index in [-0.39, 0.29) is 5.91 Å². The fourth-order valence-corrected chi connectivity index (χ4v) is 4.64. The largest absolute Gasteiger partial charge is 0.333 e. The molecule has 108 valence electrons. The van der Waals surface area contributed by atoms with Crippen LogP contribution in [0.5, 0.6) is 0 Å². The van der Waals surface area contributed by atoms with Crippen molar-refractivity contribution in [2.24, 2.45) is 0 Å². The van der Waals surface area contributed by atoms with Crippen molar-refractivity contribution in [2.45, 2.75) is 38.6 Å². The molecule has 1 amide bonds. The van der Waals surface area contributed by atoms with Gasteiger partial charge in [-0.25, -0.2) is 0 Å². The average Bonchev–Trinajstić information content (AvgIpc) is 2.97. The van der Waals surface area contributed by atoms with Crippen molar-refractivity contribution < 1.29 is 4.79 Å². The molecule has 4 rings (SSSR count). The highest BCUT2D eigenvalue weighted by Crippen LogP contribution is 2.31. The third-order valence-electron chi connectivity index (χ3n) is 4.63. The van der Waals surface area contributed by atoms with Crippen LogP contribution in [0.4, 0.5) is 0 Å². The number of benzene rings is 1. The Bertz CT molecular complexity index is 665. The van der Waals surface area contributed by atoms with E-state index in [0.717, 1.165) is 37.2 Å². The lowest BCUT2D eigenvalue weighted by atomic mass is 9.98. The Labute approximate surface area is 129 Å². The molecule has 0 atom stereocenters. The number of aryl methyl sites for hydroxylation is 2. The van der Waals surface area contributed by atoms with Gasteiger partial charge in [0.25, 0.3) is 5.91 Å². The summed E-state index contributed by atoms with van der Waals surface area (Å²) in [4.78, 5) is 17.2. The summed E-state index contributed by atoms with van der Waals surface area (Å²) in [6, 6.07) is 10.6. The lowest BCUT2D eigenvalue weighted by Crippen LogP contribution is -2.35. The number of carbonyl (C=O) groups excluding carboxylic acids is 1. The second kappa shape index (κ2) is 5.30. The molecule has 1 aliphatic carbocycles. The van der Waals surface area contributed by atoms with Gasteiger partial charge in [0.05, 0.1) is 4.88 Å². The van der Waals surface area contributed by atoms with E-state index in [1.54, 1.807) is 11.3 Å². The van der Waals surface area contributed by atoms with Crippen LogP contribution in [-0.4, -0.2) is 17.4 Å². The highest BCUT2D eigenvalue weighted by atomic mass is 32.1. The molecule has 0 saturated heterocycles. The molecule has 21 heavy (non-hydrogen) atoms. The smallest absolute Gasteiger partial charge is 0.264 e. The lowest BCUT2D eigenvalue weighted by Gasteiger charge is -2.28. The Morgan fingerprint density at radius 2 is 1.81 bits per heavy atom. The van der Waals surface area contributed by atoms with Crippen molar-refractivity contribution in [1.82, 2.24) is 4.90 Å². The van der Waals surface area contributed by atoms with Gasteiger partial charge in [0.1, 0.15) is 0 Å². The standard InChI is InChI=1S/C18H19NOS/c20-18(17-11-14-6-3-4-8-16(14)21-17)19-10-9-13-5-1-2-7-15(13)12-19/h1-2,5,7,11H,3-4,6,8-10,12H2. The summed E-state index contributed by atoms with van der Waals surface area (Å²) in [5.41, 5.74) is 4.12. The number of thiophene rings is 1. The van der Waals surface area contributed by atoms with Crippen LogP contribution >= 0.6 is 11.3 Å². The molecule has 0 radical (unpaired) electrons. The quantitative estimate of drug-likeness (QED) is 0.783. The zero-order valence-corrected chi connectivity index (χ0v) is 12.9. The zero-order valence-electron chi connectivity index (χ0n) is 12.1. The zero-order chi connectivity index (χ0) is 14.2. The van der Waals surface area contributed by atoms with Crippen LogP contribution in [0.25, 0.3) is 0 Å². The summed E-state index contributed by atoms with van der Waals surface area (Å²) in [6.45, 7) is 1.61. The number of carbonyl (C=O) groups is 1. The second-order valence-corrected chi connectivity index (χ2v) is 7.15. The maximum absolute atomic E-state index is 12.8. The van der Waals surface area contributed by atoms with Crippen LogP contribution in [0.1, 0.15) is 44.1 Å². The van der Waals surface area contributed by atoms with Gasteiger partial charge in [0.15, 0.2) is 0 Å². The predicted octanol–water partition coefficient (Wildman–Crippen LogP) is 3.83. The van der Waals surface area contributed by atoms with Crippen LogP contribution in [0, 0.1) is 0 Å². The van der Waals surface area contributed by atoms with Crippen molar-refractivity contribution >= 4 is 17.2 Å². The first-order valence-corrected chi connectivity index (χ1v) is 8.60. The fraction of sp³-hybridized carbons (Fsp3) is 0.389. The molecule has 0 unspecified atom stereocenters. The van der Waals surface area contributed by atoms with Crippen LogP contribution in [-0.2, 0) is 25.8 Å². The van der Waals surface area contributed by atoms with Crippen molar-refractivity contribution in [3.8, 4) is 0 Å². The number of hydrogen-bond donors (Lipinski definition) is 0. The Kier molecular flexibility index (Phi) is 3.30. The van der Waals surface area contributed by atoms with Crippen molar-refractivity contribution in [2.75, 3.05) is 6.54 Å². The van der Waals surface area contributed by atoms with E-state index in [1.807, 2.05) is 4.90 Å². The van der Waals surface area contributed by atoms with E-state index in [1.165, 1.54) is 34.4 Å². The second-order valence-electron chi connectivity index (χ2n) is 6.01. The average molecular weight is 297 g/mol. The summed E-state index contributed by atoms with van der Waals surface area (Å²) < 4.78 is 0. The Hall–Kier alpha value is -1.61. The van der Waals surface area contributed by atoms with Crippen LogP contribution < -0.4 is 0 Å². The Morgan fingerprint density at radius 1 is 1.00 bits per heavy atom. The van der Waals surface area contributed by atoms with Crippen LogP contribution in [0.15, 0.2) is 30.3 Å². The van der Waals surface area contributed by atoms with Gasteiger partial charge in [0, 0.05) is 18.0 Å². The molecule has 1 aromatic carbocycles. The summed E-state index contributed by atoms with van der Waals surface area (Å²) in [6.07, 6.45) is 5.84. The van der Waals surface area contributed by atoms with E-state index in [0.29, 0.717) is 0 Å². The molecule has 0 N–H and O–H groups in total. The molecule has 0 bridgehead atoms. The highest BCUT2D eigenvalue weighted by Gasteiger charge is 2.24. The molecule has 2 nitrogen and oxygen atoms in total. The maximum atomic E-state index is 12.8. The molecular weight excluding hydrogens is 278 g/mol. The van der Waals surface area contributed by atoms with Crippen molar-refractivity contribution in [3.05, 3.63) is 56.8 Å². The third-order valence-corrected chi connectivity index (χ3v) is 5.85. The molecule has 0 saturated carbocycles. The van der Waals surface area contributed by atoms with Gasteiger partial charge in [-0.3, -0.25) is 4.79 Å². The van der Waals surface area contributed by atoms with Crippen LogP contribution in [0.2, 0.25) is 0 Å². The monoisotopic (exact) mass is 297 g/mol. The molecule has 0 spiro atoms. The molecule has 1 aliphatic heterocycles. The minimum absolute atomic E-state index is 0.226. The van der Waals surface area contributed by atoms with Crippen LogP contribution in [0.3, 0.4) is 0 Å². The number of hydrogen-bond acceptors (Lipinski definition) is 2. The van der Waals surface area contributed by atoms with Gasteiger partial charge >= 0.3 is 0 Å². The van der Waals surface area contributed by atoms with E-state index in [2.05, 4.69) is 30.3 Å². The first-order chi connectivity index (χ1) is 10.3. The van der Waals surface area contributed by atoms with Gasteiger partial charge in [-0.2, -0.15) is 0 Å². The number of amides is 1. The SMILES string of the molecule is O=C(c1cc2c(s1)CCCC2)N1CCc2ccccc2C1. The Morgan fingerprint density at radius 3 is 2.67 bits per heavy atom. The maximum Gasteiger partial charge on any atom is 0.264 e. The lowest BCUT2D eigenvalue weighted by molar-refractivity contribution is 0.0739. The molecule has 2 heterocycles. The first kappa shape index (κ1) is 13.1. The summed E-state index contributed by atoms with van der Waals surface area (Å²) >= 11 is 1.73. The molecule has 2 aromatic rings. The van der Waals surface area contributed by atoms with E-state index >= 15 is 0 Å². The topological polar surface area (TPSA) is 20.3 Å². The van der Waals surface area contributed by atoms with Crippen molar-refractivity contribution in [3.63, 3.8) is 0 Å². The third kappa shape index (κ3) is 2.40. The van der Waals surface area contributed by atoms with Gasteiger partial charge in [-0.05, 0) is 54.9 Å². The summed E-state index contributed by atoms with van der Waals surface area (Å²) in [7, 11) is 0. The molecular formula is C18H19NOS. The van der Waals surface area contributed by atoms with E-state index < -0.39 is 0 Å². The number of rotatable bonds is 1. The normalized spacial score (nSPS) is 17.2. The summed E-state index contributed by atoms with van der Waals surface area (Å²) in [5.74, 6) is 0.226. The number of nitrogens with zero attached hydrogens (tertiary/aromatic N) is 1. The summed E-state index contributed by atoms with van der Waals surface area (Å²) in [5, 5.41) is 0. The van der Waals surface area contributed by atoms with Crippen molar-refractivity contribution in [1.29, 1.82) is 0 Å². The molecule has 0 fully saturated rings. The Balaban J connectivity index is 1.57.